The first-order valence-corrected chi connectivity index (χ1v) is 6.41. The van der Waals surface area contributed by atoms with Gasteiger partial charge in [0.25, 0.3) is 0 Å². The van der Waals surface area contributed by atoms with Gasteiger partial charge in [0.2, 0.25) is 0 Å². The SMILES string of the molecule is CC(C)(C)c1cc(C=O)c(O)c(-c2ccc(F)cc2)c1. The molecule has 104 valence electrons. The van der Waals surface area contributed by atoms with Crippen LogP contribution in [0, 0.1) is 5.82 Å². The molecule has 2 aromatic rings. The summed E-state index contributed by atoms with van der Waals surface area (Å²) in [6, 6.07) is 9.37. The van der Waals surface area contributed by atoms with Gasteiger partial charge < -0.3 is 5.11 Å². The van der Waals surface area contributed by atoms with Gasteiger partial charge in [-0.15, -0.1) is 0 Å². The van der Waals surface area contributed by atoms with Crippen LogP contribution >= 0.6 is 0 Å². The molecule has 0 aliphatic carbocycles. The lowest BCUT2D eigenvalue weighted by Crippen LogP contribution is -2.11. The van der Waals surface area contributed by atoms with Gasteiger partial charge in [0.1, 0.15) is 11.6 Å². The molecule has 0 saturated carbocycles. The number of hydrogen-bond donors (Lipinski definition) is 1. The summed E-state index contributed by atoms with van der Waals surface area (Å²) < 4.78 is 13.0. The van der Waals surface area contributed by atoms with E-state index in [0.29, 0.717) is 17.4 Å². The number of aldehydes is 1. The van der Waals surface area contributed by atoms with Crippen LogP contribution in [0.5, 0.6) is 5.75 Å². The first-order chi connectivity index (χ1) is 9.32. The molecule has 0 amide bonds. The zero-order valence-corrected chi connectivity index (χ0v) is 11.8. The van der Waals surface area contributed by atoms with Crippen molar-refractivity contribution in [2.24, 2.45) is 0 Å². The van der Waals surface area contributed by atoms with E-state index >= 15 is 0 Å². The van der Waals surface area contributed by atoms with Crippen molar-refractivity contribution in [3.05, 3.63) is 53.3 Å². The number of carbonyl (C=O) groups excluding carboxylic acids is 1. The van der Waals surface area contributed by atoms with Gasteiger partial charge in [0.15, 0.2) is 6.29 Å². The first-order valence-electron chi connectivity index (χ1n) is 6.41. The Morgan fingerprint density at radius 1 is 1.10 bits per heavy atom. The second-order valence-electron chi connectivity index (χ2n) is 5.84. The van der Waals surface area contributed by atoms with Crippen LogP contribution in [0.3, 0.4) is 0 Å². The van der Waals surface area contributed by atoms with Gasteiger partial charge in [-0.3, -0.25) is 4.79 Å². The third-order valence-electron chi connectivity index (χ3n) is 3.29. The molecule has 0 aliphatic rings. The monoisotopic (exact) mass is 272 g/mol. The maximum absolute atomic E-state index is 13.0. The second kappa shape index (κ2) is 5.08. The first kappa shape index (κ1) is 14.3. The summed E-state index contributed by atoms with van der Waals surface area (Å²) in [7, 11) is 0. The molecular formula is C17H17FO2. The molecule has 2 aromatic carbocycles. The molecule has 2 rings (SSSR count). The van der Waals surface area contributed by atoms with Crippen LogP contribution in [0.1, 0.15) is 36.7 Å². The molecule has 0 heterocycles. The van der Waals surface area contributed by atoms with Crippen molar-refractivity contribution in [2.75, 3.05) is 0 Å². The van der Waals surface area contributed by atoms with Crippen LogP contribution in [0.2, 0.25) is 0 Å². The van der Waals surface area contributed by atoms with E-state index in [1.165, 1.54) is 12.1 Å². The van der Waals surface area contributed by atoms with Crippen molar-refractivity contribution < 1.29 is 14.3 Å². The highest BCUT2D eigenvalue weighted by Gasteiger charge is 2.19. The molecule has 0 saturated heterocycles. The van der Waals surface area contributed by atoms with Gasteiger partial charge >= 0.3 is 0 Å². The molecule has 0 aliphatic heterocycles. The van der Waals surface area contributed by atoms with Crippen LogP contribution in [0.25, 0.3) is 11.1 Å². The fourth-order valence-electron chi connectivity index (χ4n) is 2.03. The summed E-state index contributed by atoms with van der Waals surface area (Å²) in [5.74, 6) is -0.407. The number of benzene rings is 2. The van der Waals surface area contributed by atoms with E-state index in [-0.39, 0.29) is 22.5 Å². The van der Waals surface area contributed by atoms with E-state index in [9.17, 15) is 14.3 Å². The van der Waals surface area contributed by atoms with Crippen LogP contribution in [0.15, 0.2) is 36.4 Å². The van der Waals surface area contributed by atoms with Gasteiger partial charge in [-0.1, -0.05) is 32.9 Å². The van der Waals surface area contributed by atoms with Crippen molar-refractivity contribution in [1.82, 2.24) is 0 Å². The molecule has 0 atom stereocenters. The smallest absolute Gasteiger partial charge is 0.153 e. The van der Waals surface area contributed by atoms with E-state index in [2.05, 4.69) is 0 Å². The Kier molecular flexibility index (Phi) is 3.62. The number of rotatable bonds is 2. The van der Waals surface area contributed by atoms with E-state index in [1.807, 2.05) is 26.8 Å². The maximum atomic E-state index is 13.0. The second-order valence-corrected chi connectivity index (χ2v) is 5.84. The molecule has 0 unspecified atom stereocenters. The van der Waals surface area contributed by atoms with E-state index in [0.717, 1.165) is 5.56 Å². The Hall–Kier alpha value is -2.16. The van der Waals surface area contributed by atoms with Crippen molar-refractivity contribution >= 4 is 6.29 Å². The van der Waals surface area contributed by atoms with Gasteiger partial charge in [-0.25, -0.2) is 4.39 Å². The van der Waals surface area contributed by atoms with Gasteiger partial charge in [-0.05, 0) is 40.8 Å². The third kappa shape index (κ3) is 2.72. The minimum atomic E-state index is -0.337. The lowest BCUT2D eigenvalue weighted by Gasteiger charge is -2.21. The summed E-state index contributed by atoms with van der Waals surface area (Å²) in [4.78, 5) is 11.1. The number of aromatic hydroxyl groups is 1. The molecule has 0 spiro atoms. The average Bonchev–Trinajstić information content (AvgIpc) is 2.39. The summed E-state index contributed by atoms with van der Waals surface area (Å²) in [5, 5.41) is 10.2. The van der Waals surface area contributed by atoms with Crippen LogP contribution in [-0.4, -0.2) is 11.4 Å². The zero-order chi connectivity index (χ0) is 14.9. The van der Waals surface area contributed by atoms with E-state index < -0.39 is 0 Å². The van der Waals surface area contributed by atoms with Crippen molar-refractivity contribution in [3.8, 4) is 16.9 Å². The van der Waals surface area contributed by atoms with Gasteiger partial charge in [0, 0.05) is 5.56 Å². The lowest BCUT2D eigenvalue weighted by atomic mass is 9.84. The van der Waals surface area contributed by atoms with Gasteiger partial charge in [0.05, 0.1) is 5.56 Å². The number of carbonyl (C=O) groups is 1. The van der Waals surface area contributed by atoms with Crippen LogP contribution in [0.4, 0.5) is 4.39 Å². The molecular weight excluding hydrogens is 255 g/mol. The summed E-state index contributed by atoms with van der Waals surface area (Å²) in [5.41, 5.74) is 2.26. The average molecular weight is 272 g/mol. The minimum Gasteiger partial charge on any atom is -0.507 e. The Morgan fingerprint density at radius 3 is 2.20 bits per heavy atom. The number of phenols is 1. The highest BCUT2D eigenvalue weighted by molar-refractivity contribution is 5.86. The molecule has 0 fully saturated rings. The van der Waals surface area contributed by atoms with Crippen molar-refractivity contribution in [2.45, 2.75) is 26.2 Å². The number of phenolic OH excluding ortho intramolecular Hbond substituents is 1. The highest BCUT2D eigenvalue weighted by Crippen LogP contribution is 2.36. The van der Waals surface area contributed by atoms with Crippen molar-refractivity contribution in [3.63, 3.8) is 0 Å². The Morgan fingerprint density at radius 2 is 1.70 bits per heavy atom. The molecule has 20 heavy (non-hydrogen) atoms. The topological polar surface area (TPSA) is 37.3 Å². The van der Waals surface area contributed by atoms with Crippen LogP contribution < -0.4 is 0 Å². The summed E-state index contributed by atoms with van der Waals surface area (Å²) in [6.45, 7) is 6.09. The molecule has 1 N–H and O–H groups in total. The maximum Gasteiger partial charge on any atom is 0.153 e. The minimum absolute atomic E-state index is 0.0698. The molecule has 0 radical (unpaired) electrons. The molecule has 3 heteroatoms. The predicted octanol–water partition coefficient (Wildman–Crippen LogP) is 4.31. The van der Waals surface area contributed by atoms with Crippen LogP contribution in [-0.2, 0) is 5.41 Å². The Bertz CT molecular complexity index is 637. The summed E-state index contributed by atoms with van der Waals surface area (Å²) >= 11 is 0. The van der Waals surface area contributed by atoms with Crippen molar-refractivity contribution in [1.29, 1.82) is 0 Å². The largest absolute Gasteiger partial charge is 0.507 e. The third-order valence-corrected chi connectivity index (χ3v) is 3.29. The quantitative estimate of drug-likeness (QED) is 0.827. The fraction of sp³-hybridized carbons (Fsp3) is 0.235. The Labute approximate surface area is 117 Å². The number of halogens is 1. The Balaban J connectivity index is 2.68. The summed E-state index contributed by atoms with van der Waals surface area (Å²) in [6.07, 6.45) is 0.637. The van der Waals surface area contributed by atoms with Gasteiger partial charge in [-0.2, -0.15) is 0 Å². The normalized spacial score (nSPS) is 11.4. The standard InChI is InChI=1S/C17H17FO2/c1-17(2,3)13-8-12(10-19)16(20)15(9-13)11-4-6-14(18)7-5-11/h4-10,20H,1-3H3. The molecule has 0 aromatic heterocycles. The van der Waals surface area contributed by atoms with E-state index in [1.54, 1.807) is 18.2 Å². The van der Waals surface area contributed by atoms with E-state index in [4.69, 9.17) is 0 Å². The fourth-order valence-corrected chi connectivity index (χ4v) is 2.03. The molecule has 0 bridgehead atoms. The number of hydrogen-bond acceptors (Lipinski definition) is 2. The highest BCUT2D eigenvalue weighted by atomic mass is 19.1. The predicted molar refractivity (Wildman–Crippen MR) is 77.6 cm³/mol. The molecule has 2 nitrogen and oxygen atoms in total. The lowest BCUT2D eigenvalue weighted by molar-refractivity contribution is 0.112. The zero-order valence-electron chi connectivity index (χ0n) is 11.8.